The van der Waals surface area contributed by atoms with Crippen LogP contribution in [0.15, 0.2) is 36.5 Å². The van der Waals surface area contributed by atoms with Gasteiger partial charge in [-0.05, 0) is 24.3 Å². The molecule has 0 aliphatic carbocycles. The number of nitrogens with one attached hydrogen (secondary N) is 1. The number of methoxy groups -OCH3 is 1. The Morgan fingerprint density at radius 1 is 1.28 bits per heavy atom. The second kappa shape index (κ2) is 5.94. The highest BCUT2D eigenvalue weighted by Gasteiger charge is 2.05. The van der Waals surface area contributed by atoms with Gasteiger partial charge in [0.2, 0.25) is 5.88 Å². The van der Waals surface area contributed by atoms with Crippen molar-refractivity contribution >= 4 is 28.9 Å². The van der Waals surface area contributed by atoms with Crippen LogP contribution in [0, 0.1) is 0 Å². The summed E-state index contributed by atoms with van der Waals surface area (Å²) in [6, 6.07) is 9.09. The summed E-state index contributed by atoms with van der Waals surface area (Å²) in [6.07, 6.45) is 1.69. The first-order valence-electron chi connectivity index (χ1n) is 5.37. The van der Waals surface area contributed by atoms with Crippen molar-refractivity contribution in [2.75, 3.05) is 12.4 Å². The number of rotatable bonds is 4. The van der Waals surface area contributed by atoms with Crippen LogP contribution in [0.5, 0.6) is 5.88 Å². The number of aromatic nitrogens is 1. The van der Waals surface area contributed by atoms with Crippen LogP contribution in [-0.4, -0.2) is 12.1 Å². The van der Waals surface area contributed by atoms with Gasteiger partial charge in [-0.3, -0.25) is 0 Å². The van der Waals surface area contributed by atoms with E-state index in [9.17, 15) is 0 Å². The molecule has 0 aliphatic rings. The summed E-state index contributed by atoms with van der Waals surface area (Å²) in [5.74, 6) is 0.600. The average molecular weight is 283 g/mol. The minimum atomic E-state index is 0.567. The summed E-state index contributed by atoms with van der Waals surface area (Å²) in [5, 5.41) is 4.47. The van der Waals surface area contributed by atoms with Crippen molar-refractivity contribution in [2.45, 2.75) is 6.54 Å². The third kappa shape index (κ3) is 3.06. The molecule has 0 spiro atoms. The molecule has 1 heterocycles. The fourth-order valence-corrected chi connectivity index (χ4v) is 1.92. The Morgan fingerprint density at radius 3 is 2.89 bits per heavy atom. The van der Waals surface area contributed by atoms with Crippen molar-refractivity contribution in [3.05, 3.63) is 52.1 Å². The van der Waals surface area contributed by atoms with Crippen LogP contribution < -0.4 is 10.1 Å². The monoisotopic (exact) mass is 282 g/mol. The van der Waals surface area contributed by atoms with Gasteiger partial charge in [0.15, 0.2) is 0 Å². The van der Waals surface area contributed by atoms with Crippen LogP contribution in [0.1, 0.15) is 5.56 Å². The standard InChI is InChI=1S/C13H12Cl2N2O/c1-18-13-9(3-2-6-16-13)8-17-12-7-10(14)4-5-11(12)15/h2-7,17H,8H2,1H3. The molecular formula is C13H12Cl2N2O. The first-order valence-corrected chi connectivity index (χ1v) is 6.13. The Labute approximate surface area is 116 Å². The molecule has 0 amide bonds. The van der Waals surface area contributed by atoms with Crippen LogP contribution >= 0.6 is 23.2 Å². The van der Waals surface area contributed by atoms with E-state index in [1.165, 1.54) is 0 Å². The van der Waals surface area contributed by atoms with Gasteiger partial charge in [-0.2, -0.15) is 0 Å². The van der Waals surface area contributed by atoms with Gasteiger partial charge in [-0.1, -0.05) is 29.3 Å². The molecule has 0 bridgehead atoms. The SMILES string of the molecule is COc1ncccc1CNc1cc(Cl)ccc1Cl. The maximum atomic E-state index is 6.07. The lowest BCUT2D eigenvalue weighted by molar-refractivity contribution is 0.393. The van der Waals surface area contributed by atoms with E-state index in [0.29, 0.717) is 22.5 Å². The maximum Gasteiger partial charge on any atom is 0.218 e. The molecule has 18 heavy (non-hydrogen) atoms. The fourth-order valence-electron chi connectivity index (χ4n) is 1.57. The van der Waals surface area contributed by atoms with E-state index in [1.54, 1.807) is 31.5 Å². The molecule has 2 rings (SSSR count). The van der Waals surface area contributed by atoms with Gasteiger partial charge in [0.05, 0.1) is 17.8 Å². The molecule has 0 aliphatic heterocycles. The van der Waals surface area contributed by atoms with Crippen molar-refractivity contribution < 1.29 is 4.74 Å². The predicted octanol–water partition coefficient (Wildman–Crippen LogP) is 4.01. The molecule has 0 fully saturated rings. The lowest BCUT2D eigenvalue weighted by Crippen LogP contribution is -2.03. The molecule has 1 N–H and O–H groups in total. The van der Waals surface area contributed by atoms with Crippen molar-refractivity contribution in [2.24, 2.45) is 0 Å². The maximum absolute atomic E-state index is 6.07. The second-order valence-corrected chi connectivity index (χ2v) is 4.49. The highest BCUT2D eigenvalue weighted by molar-refractivity contribution is 6.35. The summed E-state index contributed by atoms with van der Waals surface area (Å²) in [5.41, 5.74) is 1.74. The van der Waals surface area contributed by atoms with Gasteiger partial charge in [-0.25, -0.2) is 4.98 Å². The third-order valence-corrected chi connectivity index (χ3v) is 3.01. The van der Waals surface area contributed by atoms with Gasteiger partial charge in [0.25, 0.3) is 0 Å². The van der Waals surface area contributed by atoms with E-state index in [-0.39, 0.29) is 0 Å². The normalized spacial score (nSPS) is 10.2. The van der Waals surface area contributed by atoms with Crippen LogP contribution in [0.2, 0.25) is 10.0 Å². The predicted molar refractivity (Wildman–Crippen MR) is 74.6 cm³/mol. The molecule has 0 saturated carbocycles. The van der Waals surface area contributed by atoms with Crippen molar-refractivity contribution in [3.63, 3.8) is 0 Å². The second-order valence-electron chi connectivity index (χ2n) is 3.65. The number of ether oxygens (including phenoxy) is 1. The molecule has 0 radical (unpaired) electrons. The van der Waals surface area contributed by atoms with E-state index in [1.807, 2.05) is 12.1 Å². The summed E-state index contributed by atoms with van der Waals surface area (Å²) < 4.78 is 5.18. The summed E-state index contributed by atoms with van der Waals surface area (Å²) in [4.78, 5) is 4.13. The minimum absolute atomic E-state index is 0.567. The molecule has 1 aromatic carbocycles. The van der Waals surface area contributed by atoms with Crippen molar-refractivity contribution in [3.8, 4) is 5.88 Å². The highest BCUT2D eigenvalue weighted by Crippen LogP contribution is 2.26. The molecule has 0 atom stereocenters. The minimum Gasteiger partial charge on any atom is -0.481 e. The van der Waals surface area contributed by atoms with E-state index in [4.69, 9.17) is 27.9 Å². The number of hydrogen-bond acceptors (Lipinski definition) is 3. The van der Waals surface area contributed by atoms with Crippen molar-refractivity contribution in [1.82, 2.24) is 4.98 Å². The first kappa shape index (κ1) is 13.0. The third-order valence-electron chi connectivity index (χ3n) is 2.44. The summed E-state index contributed by atoms with van der Waals surface area (Å²) >= 11 is 12.0. The zero-order valence-corrected chi connectivity index (χ0v) is 11.3. The number of halogens is 2. The van der Waals surface area contributed by atoms with Gasteiger partial charge in [0, 0.05) is 23.3 Å². The smallest absolute Gasteiger partial charge is 0.218 e. The van der Waals surface area contributed by atoms with Gasteiger partial charge >= 0.3 is 0 Å². The summed E-state index contributed by atoms with van der Waals surface area (Å²) in [7, 11) is 1.60. The zero-order valence-electron chi connectivity index (χ0n) is 9.78. The fraction of sp³-hybridized carbons (Fsp3) is 0.154. The molecular weight excluding hydrogens is 271 g/mol. The number of nitrogens with zero attached hydrogens (tertiary/aromatic N) is 1. The first-order chi connectivity index (χ1) is 8.70. The summed E-state index contributed by atoms with van der Waals surface area (Å²) in [6.45, 7) is 0.567. The van der Waals surface area contributed by atoms with Crippen LogP contribution in [-0.2, 0) is 6.54 Å². The largest absolute Gasteiger partial charge is 0.481 e. The molecule has 1 aromatic heterocycles. The zero-order chi connectivity index (χ0) is 13.0. The molecule has 2 aromatic rings. The Balaban J connectivity index is 2.14. The van der Waals surface area contributed by atoms with Gasteiger partial charge in [0.1, 0.15) is 0 Å². The average Bonchev–Trinajstić information content (AvgIpc) is 2.40. The Kier molecular flexibility index (Phi) is 4.28. The van der Waals surface area contributed by atoms with Gasteiger partial charge in [-0.15, -0.1) is 0 Å². The van der Waals surface area contributed by atoms with Crippen molar-refractivity contribution in [1.29, 1.82) is 0 Å². The van der Waals surface area contributed by atoms with Crippen LogP contribution in [0.3, 0.4) is 0 Å². The van der Waals surface area contributed by atoms with Gasteiger partial charge < -0.3 is 10.1 Å². The number of anilines is 1. The lowest BCUT2D eigenvalue weighted by Gasteiger charge is -2.10. The number of hydrogen-bond donors (Lipinski definition) is 1. The Bertz CT molecular complexity index is 546. The van der Waals surface area contributed by atoms with Crippen LogP contribution in [0.25, 0.3) is 0 Å². The Hall–Kier alpha value is -1.45. The van der Waals surface area contributed by atoms with Crippen LogP contribution in [0.4, 0.5) is 5.69 Å². The number of pyridine rings is 1. The molecule has 94 valence electrons. The molecule has 3 nitrogen and oxygen atoms in total. The Morgan fingerprint density at radius 2 is 2.11 bits per heavy atom. The quantitative estimate of drug-likeness (QED) is 0.920. The topological polar surface area (TPSA) is 34.1 Å². The molecule has 0 saturated heterocycles. The van der Waals surface area contributed by atoms with E-state index in [2.05, 4.69) is 10.3 Å². The van der Waals surface area contributed by atoms with E-state index < -0.39 is 0 Å². The van der Waals surface area contributed by atoms with E-state index in [0.717, 1.165) is 11.3 Å². The number of benzene rings is 1. The highest BCUT2D eigenvalue weighted by atomic mass is 35.5. The molecule has 5 heteroatoms. The van der Waals surface area contributed by atoms with E-state index >= 15 is 0 Å². The lowest BCUT2D eigenvalue weighted by atomic mass is 10.2. The molecule has 0 unspecified atom stereocenters.